The SMILES string of the molecule is CC(C1CC1)n1cc(C(=O)O)c(-c2csc(Cl)c2)n1. The highest BCUT2D eigenvalue weighted by molar-refractivity contribution is 7.14. The Labute approximate surface area is 119 Å². The summed E-state index contributed by atoms with van der Waals surface area (Å²) in [6.07, 6.45) is 4.03. The maximum atomic E-state index is 11.3. The minimum absolute atomic E-state index is 0.238. The molecule has 1 aliphatic carbocycles. The lowest BCUT2D eigenvalue weighted by Crippen LogP contribution is -2.07. The van der Waals surface area contributed by atoms with Gasteiger partial charge in [-0.05, 0) is 31.7 Å². The maximum Gasteiger partial charge on any atom is 0.339 e. The third-order valence-electron chi connectivity index (χ3n) is 3.52. The van der Waals surface area contributed by atoms with Crippen LogP contribution in [-0.4, -0.2) is 20.9 Å². The zero-order valence-electron chi connectivity index (χ0n) is 10.3. The van der Waals surface area contributed by atoms with Crippen LogP contribution in [0.5, 0.6) is 0 Å². The van der Waals surface area contributed by atoms with E-state index in [9.17, 15) is 9.90 Å². The van der Waals surface area contributed by atoms with Crippen LogP contribution in [0.1, 0.15) is 36.2 Å². The fourth-order valence-corrected chi connectivity index (χ4v) is 3.06. The highest BCUT2D eigenvalue weighted by atomic mass is 35.5. The van der Waals surface area contributed by atoms with E-state index in [-0.39, 0.29) is 11.6 Å². The van der Waals surface area contributed by atoms with Crippen molar-refractivity contribution in [3.63, 3.8) is 0 Å². The van der Waals surface area contributed by atoms with Gasteiger partial charge in [0.15, 0.2) is 0 Å². The third-order valence-corrected chi connectivity index (χ3v) is 4.62. The number of carbonyl (C=O) groups is 1. The van der Waals surface area contributed by atoms with Crippen LogP contribution in [0, 0.1) is 5.92 Å². The first kappa shape index (κ1) is 12.7. The molecular weight excluding hydrogens is 284 g/mol. The van der Waals surface area contributed by atoms with Crippen molar-refractivity contribution < 1.29 is 9.90 Å². The number of hydrogen-bond donors (Lipinski definition) is 1. The van der Waals surface area contributed by atoms with Crippen LogP contribution >= 0.6 is 22.9 Å². The molecule has 1 unspecified atom stereocenters. The monoisotopic (exact) mass is 296 g/mol. The Morgan fingerprint density at radius 2 is 2.37 bits per heavy atom. The van der Waals surface area contributed by atoms with Crippen LogP contribution in [-0.2, 0) is 0 Å². The summed E-state index contributed by atoms with van der Waals surface area (Å²) in [6, 6.07) is 2.01. The topological polar surface area (TPSA) is 55.1 Å². The Bertz CT molecular complexity index is 630. The number of carboxylic acids is 1. The van der Waals surface area contributed by atoms with Crippen LogP contribution in [0.15, 0.2) is 17.6 Å². The van der Waals surface area contributed by atoms with E-state index in [1.807, 2.05) is 5.38 Å². The lowest BCUT2D eigenvalue weighted by atomic mass is 10.1. The van der Waals surface area contributed by atoms with Crippen molar-refractivity contribution in [1.29, 1.82) is 0 Å². The lowest BCUT2D eigenvalue weighted by Gasteiger charge is -2.09. The first-order valence-electron chi connectivity index (χ1n) is 6.13. The number of aromatic nitrogens is 2. The maximum absolute atomic E-state index is 11.3. The molecule has 6 heteroatoms. The molecular formula is C13H13ClN2O2S. The van der Waals surface area contributed by atoms with Gasteiger partial charge in [-0.15, -0.1) is 11.3 Å². The number of carboxylic acid groups (broad SMARTS) is 1. The van der Waals surface area contributed by atoms with E-state index in [0.717, 1.165) is 5.56 Å². The Morgan fingerprint density at radius 1 is 1.63 bits per heavy atom. The number of nitrogens with zero attached hydrogens (tertiary/aromatic N) is 2. The first-order chi connectivity index (χ1) is 9.06. The van der Waals surface area contributed by atoms with Crippen molar-refractivity contribution in [3.8, 4) is 11.3 Å². The van der Waals surface area contributed by atoms with Gasteiger partial charge in [0.1, 0.15) is 11.3 Å². The van der Waals surface area contributed by atoms with Crippen molar-refractivity contribution in [2.45, 2.75) is 25.8 Å². The largest absolute Gasteiger partial charge is 0.478 e. The first-order valence-corrected chi connectivity index (χ1v) is 7.39. The summed E-state index contributed by atoms with van der Waals surface area (Å²) in [5.74, 6) is -0.327. The van der Waals surface area contributed by atoms with Gasteiger partial charge in [0.2, 0.25) is 0 Å². The van der Waals surface area contributed by atoms with E-state index in [4.69, 9.17) is 11.6 Å². The summed E-state index contributed by atoms with van der Waals surface area (Å²) in [5.41, 5.74) is 1.51. The van der Waals surface area contributed by atoms with Gasteiger partial charge in [-0.1, -0.05) is 11.6 Å². The number of thiophene rings is 1. The molecule has 0 bridgehead atoms. The van der Waals surface area contributed by atoms with Crippen molar-refractivity contribution in [3.05, 3.63) is 27.5 Å². The van der Waals surface area contributed by atoms with Crippen molar-refractivity contribution in [1.82, 2.24) is 9.78 Å². The second-order valence-electron chi connectivity index (χ2n) is 4.89. The molecule has 100 valence electrons. The number of hydrogen-bond acceptors (Lipinski definition) is 3. The van der Waals surface area contributed by atoms with Gasteiger partial charge in [-0.2, -0.15) is 5.10 Å². The predicted molar refractivity (Wildman–Crippen MR) is 74.9 cm³/mol. The van der Waals surface area contributed by atoms with Gasteiger partial charge in [0.05, 0.1) is 10.4 Å². The fourth-order valence-electron chi connectivity index (χ4n) is 2.20. The lowest BCUT2D eigenvalue weighted by molar-refractivity contribution is 0.0697. The van der Waals surface area contributed by atoms with Crippen LogP contribution in [0.4, 0.5) is 0 Å². The standard InChI is InChI=1S/C13H13ClN2O2S/c1-7(8-2-3-8)16-5-10(13(17)18)12(15-16)9-4-11(14)19-6-9/h4-8H,2-3H2,1H3,(H,17,18). The molecule has 0 aromatic carbocycles. The van der Waals surface area contributed by atoms with Crippen LogP contribution in [0.2, 0.25) is 4.34 Å². The highest BCUT2D eigenvalue weighted by Crippen LogP contribution is 2.40. The van der Waals surface area contributed by atoms with Gasteiger partial charge in [0, 0.05) is 17.1 Å². The molecule has 0 aliphatic heterocycles. The smallest absolute Gasteiger partial charge is 0.339 e. The molecule has 2 aromatic rings. The molecule has 1 atom stereocenters. The summed E-state index contributed by atoms with van der Waals surface area (Å²) in [4.78, 5) is 11.3. The van der Waals surface area contributed by atoms with E-state index in [1.54, 1.807) is 16.9 Å². The second-order valence-corrected chi connectivity index (χ2v) is 6.44. The summed E-state index contributed by atoms with van der Waals surface area (Å²) < 4.78 is 2.42. The molecule has 2 aromatic heterocycles. The molecule has 4 nitrogen and oxygen atoms in total. The Kier molecular flexibility index (Phi) is 3.11. The van der Waals surface area contributed by atoms with Gasteiger partial charge in [-0.25, -0.2) is 4.79 Å². The molecule has 0 spiro atoms. The van der Waals surface area contributed by atoms with Crippen molar-refractivity contribution >= 4 is 28.9 Å². The van der Waals surface area contributed by atoms with Crippen molar-refractivity contribution in [2.75, 3.05) is 0 Å². The molecule has 2 heterocycles. The zero-order valence-corrected chi connectivity index (χ0v) is 11.9. The van der Waals surface area contributed by atoms with E-state index >= 15 is 0 Å². The van der Waals surface area contributed by atoms with E-state index in [0.29, 0.717) is 15.9 Å². The van der Waals surface area contributed by atoms with E-state index in [2.05, 4.69) is 12.0 Å². The summed E-state index contributed by atoms with van der Waals surface area (Å²) >= 11 is 7.29. The zero-order chi connectivity index (χ0) is 13.6. The molecule has 1 aliphatic rings. The normalized spacial score (nSPS) is 16.5. The third kappa shape index (κ3) is 2.40. The summed E-state index contributed by atoms with van der Waals surface area (Å²) in [7, 11) is 0. The second kappa shape index (κ2) is 4.65. The number of halogens is 1. The molecule has 19 heavy (non-hydrogen) atoms. The average molecular weight is 297 g/mol. The minimum Gasteiger partial charge on any atom is -0.478 e. The van der Waals surface area contributed by atoms with Crippen molar-refractivity contribution in [2.24, 2.45) is 5.92 Å². The quantitative estimate of drug-likeness (QED) is 0.930. The fraction of sp³-hybridized carbons (Fsp3) is 0.385. The molecule has 0 saturated heterocycles. The molecule has 1 fully saturated rings. The van der Waals surface area contributed by atoms with Crippen LogP contribution < -0.4 is 0 Å². The van der Waals surface area contributed by atoms with Gasteiger partial charge in [0.25, 0.3) is 0 Å². The number of aromatic carboxylic acids is 1. The minimum atomic E-state index is -0.952. The summed E-state index contributed by atoms with van der Waals surface area (Å²) in [5, 5.41) is 15.6. The van der Waals surface area contributed by atoms with E-state index in [1.165, 1.54) is 24.2 Å². The van der Waals surface area contributed by atoms with E-state index < -0.39 is 5.97 Å². The molecule has 0 radical (unpaired) electrons. The summed E-state index contributed by atoms with van der Waals surface area (Å²) in [6.45, 7) is 2.08. The van der Waals surface area contributed by atoms with Crippen LogP contribution in [0.25, 0.3) is 11.3 Å². The van der Waals surface area contributed by atoms with Crippen LogP contribution in [0.3, 0.4) is 0 Å². The van der Waals surface area contributed by atoms with Gasteiger partial charge in [-0.3, -0.25) is 4.68 Å². The molecule has 0 amide bonds. The van der Waals surface area contributed by atoms with Gasteiger partial charge >= 0.3 is 5.97 Å². The Morgan fingerprint density at radius 3 is 2.89 bits per heavy atom. The van der Waals surface area contributed by atoms with Gasteiger partial charge < -0.3 is 5.11 Å². The Hall–Kier alpha value is -1.33. The number of rotatable bonds is 4. The predicted octanol–water partition coefficient (Wildman–Crippen LogP) is 3.93. The molecule has 1 saturated carbocycles. The highest BCUT2D eigenvalue weighted by Gasteiger charge is 2.31. The molecule has 3 rings (SSSR count). The average Bonchev–Trinajstić information content (AvgIpc) is 2.96. The molecule has 1 N–H and O–H groups in total. The Balaban J connectivity index is 2.04.